The molecule has 0 amide bonds. The lowest BCUT2D eigenvalue weighted by molar-refractivity contribution is 0.0797. The third kappa shape index (κ3) is 5.73. The monoisotopic (exact) mass is 213 g/mol. The highest BCUT2D eigenvalue weighted by Crippen LogP contribution is 2.11. The molecule has 0 aliphatic rings. The van der Waals surface area contributed by atoms with Gasteiger partial charge < -0.3 is 10.5 Å². The summed E-state index contributed by atoms with van der Waals surface area (Å²) in [6.07, 6.45) is 2.58. The average Bonchev–Trinajstić information content (AvgIpc) is 2.23. The Hall–Kier alpha value is -0.630. The van der Waals surface area contributed by atoms with E-state index in [2.05, 4.69) is 17.9 Å². The highest BCUT2D eigenvalue weighted by Gasteiger charge is 2.18. The number of ether oxygens (including phenoxy) is 1. The highest BCUT2D eigenvalue weighted by atomic mass is 16.5. The number of likely N-dealkylation sites (N-methyl/N-ethyl adjacent to an activating group) is 1. The second-order valence-corrected chi connectivity index (χ2v) is 3.92. The Kier molecular flexibility index (Phi) is 8.30. The van der Waals surface area contributed by atoms with Crippen molar-refractivity contribution in [3.8, 4) is 6.07 Å². The molecule has 0 aliphatic heterocycles. The predicted octanol–water partition coefficient (Wildman–Crippen LogP) is 0.974. The van der Waals surface area contributed by atoms with Crippen LogP contribution in [-0.4, -0.2) is 44.3 Å². The van der Waals surface area contributed by atoms with Gasteiger partial charge in [-0.1, -0.05) is 0 Å². The van der Waals surface area contributed by atoms with Gasteiger partial charge in [0.2, 0.25) is 0 Å². The van der Waals surface area contributed by atoms with Crippen LogP contribution >= 0.6 is 0 Å². The third-order valence-corrected chi connectivity index (χ3v) is 2.76. The first-order valence-corrected chi connectivity index (χ1v) is 5.45. The van der Waals surface area contributed by atoms with Crippen molar-refractivity contribution in [3.63, 3.8) is 0 Å². The largest absolute Gasteiger partial charge is 0.383 e. The lowest BCUT2D eigenvalue weighted by Crippen LogP contribution is -2.41. The Morgan fingerprint density at radius 1 is 1.53 bits per heavy atom. The Morgan fingerprint density at radius 2 is 2.20 bits per heavy atom. The molecule has 88 valence electrons. The minimum Gasteiger partial charge on any atom is -0.383 e. The molecule has 0 aromatic rings. The normalized spacial score (nSPS) is 14.9. The van der Waals surface area contributed by atoms with Crippen molar-refractivity contribution < 1.29 is 4.74 Å². The topological polar surface area (TPSA) is 62.3 Å². The smallest absolute Gasteiger partial charge is 0.0638 e. The summed E-state index contributed by atoms with van der Waals surface area (Å²) in [4.78, 5) is 2.21. The van der Waals surface area contributed by atoms with Crippen molar-refractivity contribution in [1.82, 2.24) is 4.90 Å². The summed E-state index contributed by atoms with van der Waals surface area (Å²) in [5.74, 6) is 0. The zero-order valence-corrected chi connectivity index (χ0v) is 10.1. The SMILES string of the molecule is COCC(CCCN)N(C)C(C)CC#N. The fourth-order valence-corrected chi connectivity index (χ4v) is 1.59. The summed E-state index contributed by atoms with van der Waals surface area (Å²) >= 11 is 0. The molecule has 0 radical (unpaired) electrons. The van der Waals surface area contributed by atoms with E-state index >= 15 is 0 Å². The lowest BCUT2D eigenvalue weighted by Gasteiger charge is -2.31. The maximum absolute atomic E-state index is 8.65. The summed E-state index contributed by atoms with van der Waals surface area (Å²) in [7, 11) is 3.75. The standard InChI is InChI=1S/C11H23N3O/c1-10(6-8-13)14(2)11(9-15-3)5-4-7-12/h10-11H,4-7,9,12H2,1-3H3. The van der Waals surface area contributed by atoms with Crippen LogP contribution in [0.2, 0.25) is 0 Å². The number of hydrogen-bond donors (Lipinski definition) is 1. The minimum atomic E-state index is 0.271. The Labute approximate surface area is 93.0 Å². The van der Waals surface area contributed by atoms with Crippen LogP contribution in [0.4, 0.5) is 0 Å². The van der Waals surface area contributed by atoms with E-state index in [-0.39, 0.29) is 6.04 Å². The first-order chi connectivity index (χ1) is 7.17. The van der Waals surface area contributed by atoms with E-state index in [9.17, 15) is 0 Å². The number of nitriles is 1. The molecule has 0 fully saturated rings. The number of rotatable bonds is 8. The van der Waals surface area contributed by atoms with E-state index in [1.165, 1.54) is 0 Å². The van der Waals surface area contributed by atoms with Crippen LogP contribution in [0.3, 0.4) is 0 Å². The highest BCUT2D eigenvalue weighted by molar-refractivity contribution is 4.82. The summed E-state index contributed by atoms with van der Waals surface area (Å²) in [5.41, 5.74) is 5.50. The fraction of sp³-hybridized carbons (Fsp3) is 0.909. The molecule has 0 aromatic heterocycles. The summed E-state index contributed by atoms with van der Waals surface area (Å²) in [6.45, 7) is 3.47. The average molecular weight is 213 g/mol. The maximum atomic E-state index is 8.65. The summed E-state index contributed by atoms with van der Waals surface area (Å²) in [6, 6.07) is 2.83. The molecule has 2 N–H and O–H groups in total. The van der Waals surface area contributed by atoms with Crippen LogP contribution in [-0.2, 0) is 4.74 Å². The van der Waals surface area contributed by atoms with Crippen molar-refractivity contribution in [2.24, 2.45) is 5.73 Å². The molecular weight excluding hydrogens is 190 g/mol. The first kappa shape index (κ1) is 14.4. The van der Waals surface area contributed by atoms with E-state index in [0.717, 1.165) is 12.8 Å². The van der Waals surface area contributed by atoms with E-state index in [1.54, 1.807) is 7.11 Å². The first-order valence-electron chi connectivity index (χ1n) is 5.45. The van der Waals surface area contributed by atoms with E-state index in [0.29, 0.717) is 25.6 Å². The van der Waals surface area contributed by atoms with Gasteiger partial charge in [0.05, 0.1) is 19.1 Å². The van der Waals surface area contributed by atoms with Crippen molar-refractivity contribution in [2.45, 2.75) is 38.3 Å². The van der Waals surface area contributed by atoms with Gasteiger partial charge in [-0.05, 0) is 33.4 Å². The molecule has 0 spiro atoms. The van der Waals surface area contributed by atoms with Crippen LogP contribution in [0, 0.1) is 11.3 Å². The molecule has 0 rings (SSSR count). The molecule has 0 heterocycles. The third-order valence-electron chi connectivity index (χ3n) is 2.76. The molecule has 15 heavy (non-hydrogen) atoms. The molecule has 2 unspecified atom stereocenters. The van der Waals surface area contributed by atoms with Gasteiger partial charge >= 0.3 is 0 Å². The van der Waals surface area contributed by atoms with Gasteiger partial charge in [-0.15, -0.1) is 0 Å². The fourth-order valence-electron chi connectivity index (χ4n) is 1.59. The number of methoxy groups -OCH3 is 1. The molecule has 4 heteroatoms. The van der Waals surface area contributed by atoms with Gasteiger partial charge in [-0.3, -0.25) is 4.90 Å². The number of nitrogens with two attached hydrogens (primary N) is 1. The van der Waals surface area contributed by atoms with Gasteiger partial charge in [-0.25, -0.2) is 0 Å². The molecule has 4 nitrogen and oxygen atoms in total. The van der Waals surface area contributed by atoms with Crippen molar-refractivity contribution >= 4 is 0 Å². The minimum absolute atomic E-state index is 0.271. The van der Waals surface area contributed by atoms with E-state index < -0.39 is 0 Å². The molecule has 0 aliphatic carbocycles. The predicted molar refractivity (Wildman–Crippen MR) is 61.4 cm³/mol. The molecular formula is C11H23N3O. The zero-order valence-electron chi connectivity index (χ0n) is 10.1. The van der Waals surface area contributed by atoms with Crippen LogP contribution in [0.25, 0.3) is 0 Å². The van der Waals surface area contributed by atoms with Gasteiger partial charge in [0.15, 0.2) is 0 Å². The number of nitrogens with zero attached hydrogens (tertiary/aromatic N) is 2. The van der Waals surface area contributed by atoms with E-state index in [1.807, 2.05) is 7.05 Å². The second-order valence-electron chi connectivity index (χ2n) is 3.92. The number of hydrogen-bond acceptors (Lipinski definition) is 4. The molecule has 0 saturated heterocycles. The zero-order chi connectivity index (χ0) is 11.7. The van der Waals surface area contributed by atoms with Crippen molar-refractivity contribution in [2.75, 3.05) is 27.3 Å². The molecule has 0 saturated carbocycles. The lowest BCUT2D eigenvalue weighted by atomic mass is 10.1. The van der Waals surface area contributed by atoms with Gasteiger partial charge in [0.25, 0.3) is 0 Å². The van der Waals surface area contributed by atoms with Crippen molar-refractivity contribution in [1.29, 1.82) is 5.26 Å². The van der Waals surface area contributed by atoms with Crippen LogP contribution in [0.1, 0.15) is 26.2 Å². The second kappa shape index (κ2) is 8.66. The Balaban J connectivity index is 4.14. The molecule has 0 aromatic carbocycles. The van der Waals surface area contributed by atoms with Gasteiger partial charge in [-0.2, -0.15) is 5.26 Å². The van der Waals surface area contributed by atoms with Crippen LogP contribution in [0.15, 0.2) is 0 Å². The quantitative estimate of drug-likeness (QED) is 0.652. The van der Waals surface area contributed by atoms with Crippen LogP contribution < -0.4 is 5.73 Å². The Bertz CT molecular complexity index is 191. The maximum Gasteiger partial charge on any atom is 0.0638 e. The van der Waals surface area contributed by atoms with E-state index in [4.69, 9.17) is 15.7 Å². The van der Waals surface area contributed by atoms with Crippen molar-refractivity contribution in [3.05, 3.63) is 0 Å². The van der Waals surface area contributed by atoms with Crippen LogP contribution in [0.5, 0.6) is 0 Å². The molecule has 2 atom stereocenters. The Morgan fingerprint density at radius 3 is 2.67 bits per heavy atom. The molecule has 0 bridgehead atoms. The van der Waals surface area contributed by atoms with Gasteiger partial charge in [0.1, 0.15) is 0 Å². The summed E-state index contributed by atoms with van der Waals surface area (Å²) < 4.78 is 5.19. The van der Waals surface area contributed by atoms with Gasteiger partial charge in [0, 0.05) is 19.2 Å². The summed E-state index contributed by atoms with van der Waals surface area (Å²) in [5, 5.41) is 8.65.